The predicted molar refractivity (Wildman–Crippen MR) is 58.1 cm³/mol. The molecule has 0 aliphatic heterocycles. The van der Waals surface area contributed by atoms with Crippen molar-refractivity contribution in [2.45, 2.75) is 19.8 Å². The van der Waals surface area contributed by atoms with E-state index in [0.717, 1.165) is 5.56 Å². The van der Waals surface area contributed by atoms with E-state index in [1.54, 1.807) is 19.1 Å². The Balaban J connectivity index is 2.68. The Labute approximate surface area is 88.5 Å². The molecule has 0 atom stereocenters. The van der Waals surface area contributed by atoms with Crippen molar-refractivity contribution in [1.82, 2.24) is 0 Å². The standard InChI is InChI=1S/C11H15FN2O/c1-8-4-2-5-9(12)11(8)14-10(15)6-3-7-13/h2,4-5H,3,6-7,13H2,1H3,(H,14,15). The van der Waals surface area contributed by atoms with Gasteiger partial charge < -0.3 is 11.1 Å². The molecule has 3 N–H and O–H groups in total. The lowest BCUT2D eigenvalue weighted by Gasteiger charge is -2.08. The minimum atomic E-state index is -0.406. The van der Waals surface area contributed by atoms with Crippen LogP contribution in [0.2, 0.25) is 0 Å². The number of carbonyl (C=O) groups excluding carboxylic acids is 1. The molecule has 4 heteroatoms. The van der Waals surface area contributed by atoms with E-state index in [4.69, 9.17) is 5.73 Å². The summed E-state index contributed by atoms with van der Waals surface area (Å²) in [6.45, 7) is 2.21. The molecule has 3 nitrogen and oxygen atoms in total. The highest BCUT2D eigenvalue weighted by Gasteiger charge is 2.08. The smallest absolute Gasteiger partial charge is 0.224 e. The number of halogens is 1. The third-order valence-electron chi connectivity index (χ3n) is 2.09. The number of carbonyl (C=O) groups is 1. The normalized spacial score (nSPS) is 10.1. The number of aryl methyl sites for hydroxylation is 1. The summed E-state index contributed by atoms with van der Waals surface area (Å²) in [7, 11) is 0. The quantitative estimate of drug-likeness (QED) is 0.796. The third kappa shape index (κ3) is 3.32. The second-order valence-corrected chi connectivity index (χ2v) is 3.37. The van der Waals surface area contributed by atoms with Gasteiger partial charge in [-0.2, -0.15) is 0 Å². The van der Waals surface area contributed by atoms with Crippen LogP contribution in [0.1, 0.15) is 18.4 Å². The summed E-state index contributed by atoms with van der Waals surface area (Å²) in [6, 6.07) is 4.69. The van der Waals surface area contributed by atoms with Crippen LogP contribution in [0, 0.1) is 12.7 Å². The summed E-state index contributed by atoms with van der Waals surface area (Å²) in [4.78, 5) is 11.3. The largest absolute Gasteiger partial charge is 0.330 e. The Morgan fingerprint density at radius 2 is 2.27 bits per heavy atom. The van der Waals surface area contributed by atoms with Gasteiger partial charge in [0.2, 0.25) is 5.91 Å². The van der Waals surface area contributed by atoms with E-state index in [2.05, 4.69) is 5.32 Å². The predicted octanol–water partition coefficient (Wildman–Crippen LogP) is 1.81. The average Bonchev–Trinajstić information content (AvgIpc) is 2.21. The number of nitrogens with two attached hydrogens (primary N) is 1. The van der Waals surface area contributed by atoms with Crippen LogP contribution in [-0.2, 0) is 4.79 Å². The van der Waals surface area contributed by atoms with Gasteiger partial charge in [-0.1, -0.05) is 12.1 Å². The first-order valence-corrected chi connectivity index (χ1v) is 4.90. The van der Waals surface area contributed by atoms with E-state index in [1.165, 1.54) is 6.07 Å². The lowest BCUT2D eigenvalue weighted by atomic mass is 10.2. The van der Waals surface area contributed by atoms with Gasteiger partial charge in [-0.05, 0) is 31.5 Å². The number of para-hydroxylation sites is 1. The topological polar surface area (TPSA) is 55.1 Å². The molecule has 0 aliphatic rings. The maximum Gasteiger partial charge on any atom is 0.224 e. The molecule has 82 valence electrons. The van der Waals surface area contributed by atoms with Crippen molar-refractivity contribution in [2.24, 2.45) is 5.73 Å². The van der Waals surface area contributed by atoms with Crippen LogP contribution in [-0.4, -0.2) is 12.5 Å². The molecule has 0 aliphatic carbocycles. The maximum absolute atomic E-state index is 13.3. The molecule has 0 unspecified atom stereocenters. The van der Waals surface area contributed by atoms with E-state index in [9.17, 15) is 9.18 Å². The average molecular weight is 210 g/mol. The number of anilines is 1. The van der Waals surface area contributed by atoms with Gasteiger partial charge in [0.15, 0.2) is 0 Å². The third-order valence-corrected chi connectivity index (χ3v) is 2.09. The second-order valence-electron chi connectivity index (χ2n) is 3.37. The fourth-order valence-corrected chi connectivity index (χ4v) is 1.25. The van der Waals surface area contributed by atoms with Gasteiger partial charge in [-0.25, -0.2) is 4.39 Å². The monoisotopic (exact) mass is 210 g/mol. The molecule has 0 saturated carbocycles. The molecule has 0 aromatic heterocycles. The van der Waals surface area contributed by atoms with Crippen molar-refractivity contribution in [3.05, 3.63) is 29.6 Å². The Morgan fingerprint density at radius 3 is 2.87 bits per heavy atom. The zero-order chi connectivity index (χ0) is 11.3. The van der Waals surface area contributed by atoms with Gasteiger partial charge in [0.25, 0.3) is 0 Å². The Kier molecular flexibility index (Phi) is 4.24. The summed E-state index contributed by atoms with van der Waals surface area (Å²) in [6.07, 6.45) is 0.934. The summed E-state index contributed by atoms with van der Waals surface area (Å²) in [5, 5.41) is 2.54. The summed E-state index contributed by atoms with van der Waals surface area (Å²) >= 11 is 0. The van der Waals surface area contributed by atoms with E-state index < -0.39 is 5.82 Å². The molecule has 15 heavy (non-hydrogen) atoms. The highest BCUT2D eigenvalue weighted by atomic mass is 19.1. The lowest BCUT2D eigenvalue weighted by molar-refractivity contribution is -0.116. The molecule has 0 saturated heterocycles. The maximum atomic E-state index is 13.3. The first kappa shape index (κ1) is 11.7. The summed E-state index contributed by atoms with van der Waals surface area (Å²) < 4.78 is 13.3. The molecule has 1 rings (SSSR count). The number of rotatable bonds is 4. The van der Waals surface area contributed by atoms with Crippen LogP contribution in [0.25, 0.3) is 0 Å². The number of amides is 1. The second kappa shape index (κ2) is 5.46. The van der Waals surface area contributed by atoms with Crippen molar-refractivity contribution < 1.29 is 9.18 Å². The van der Waals surface area contributed by atoms with E-state index in [-0.39, 0.29) is 11.6 Å². The zero-order valence-corrected chi connectivity index (χ0v) is 8.72. The van der Waals surface area contributed by atoms with E-state index in [1.807, 2.05) is 0 Å². The highest BCUT2D eigenvalue weighted by Crippen LogP contribution is 2.18. The Bertz CT molecular complexity index is 332. The van der Waals surface area contributed by atoms with Crippen molar-refractivity contribution >= 4 is 11.6 Å². The van der Waals surface area contributed by atoms with Gasteiger partial charge in [0, 0.05) is 6.42 Å². The zero-order valence-electron chi connectivity index (χ0n) is 8.72. The summed E-state index contributed by atoms with van der Waals surface area (Å²) in [5.41, 5.74) is 6.26. The van der Waals surface area contributed by atoms with Crippen molar-refractivity contribution in [2.75, 3.05) is 11.9 Å². The Morgan fingerprint density at radius 1 is 1.53 bits per heavy atom. The number of nitrogens with one attached hydrogen (secondary N) is 1. The molecule has 0 heterocycles. The van der Waals surface area contributed by atoms with Crippen molar-refractivity contribution in [3.8, 4) is 0 Å². The molecular weight excluding hydrogens is 195 g/mol. The van der Waals surface area contributed by atoms with Crippen LogP contribution in [0.5, 0.6) is 0 Å². The number of hydrogen-bond acceptors (Lipinski definition) is 2. The molecular formula is C11H15FN2O. The minimum absolute atomic E-state index is 0.200. The highest BCUT2D eigenvalue weighted by molar-refractivity contribution is 5.91. The SMILES string of the molecule is Cc1cccc(F)c1NC(=O)CCCN. The number of benzene rings is 1. The van der Waals surface area contributed by atoms with Crippen LogP contribution in [0.3, 0.4) is 0 Å². The van der Waals surface area contributed by atoms with Crippen LogP contribution < -0.4 is 11.1 Å². The van der Waals surface area contributed by atoms with Gasteiger partial charge in [0.1, 0.15) is 5.82 Å². The minimum Gasteiger partial charge on any atom is -0.330 e. The van der Waals surface area contributed by atoms with Gasteiger partial charge in [-0.3, -0.25) is 4.79 Å². The van der Waals surface area contributed by atoms with Crippen LogP contribution in [0.4, 0.5) is 10.1 Å². The van der Waals surface area contributed by atoms with Crippen molar-refractivity contribution in [3.63, 3.8) is 0 Å². The van der Waals surface area contributed by atoms with Crippen molar-refractivity contribution in [1.29, 1.82) is 0 Å². The summed E-state index contributed by atoms with van der Waals surface area (Å²) in [5.74, 6) is -0.607. The molecule has 1 aromatic rings. The Hall–Kier alpha value is -1.42. The lowest BCUT2D eigenvalue weighted by Crippen LogP contribution is -2.15. The molecule has 1 aromatic carbocycles. The van der Waals surface area contributed by atoms with Crippen LogP contribution in [0.15, 0.2) is 18.2 Å². The molecule has 0 radical (unpaired) electrons. The first-order chi connectivity index (χ1) is 7.15. The molecule has 1 amide bonds. The fraction of sp³-hybridized carbons (Fsp3) is 0.364. The first-order valence-electron chi connectivity index (χ1n) is 4.90. The van der Waals surface area contributed by atoms with Gasteiger partial charge >= 0.3 is 0 Å². The van der Waals surface area contributed by atoms with Gasteiger partial charge in [0.05, 0.1) is 5.69 Å². The molecule has 0 spiro atoms. The van der Waals surface area contributed by atoms with Crippen LogP contribution >= 0.6 is 0 Å². The van der Waals surface area contributed by atoms with E-state index in [0.29, 0.717) is 19.4 Å². The molecule has 0 bridgehead atoms. The van der Waals surface area contributed by atoms with E-state index >= 15 is 0 Å². The molecule has 0 fully saturated rings. The van der Waals surface area contributed by atoms with Gasteiger partial charge in [-0.15, -0.1) is 0 Å². The fourth-order valence-electron chi connectivity index (χ4n) is 1.25. The number of hydrogen-bond donors (Lipinski definition) is 2.